The topological polar surface area (TPSA) is 60.9 Å². The lowest BCUT2D eigenvalue weighted by molar-refractivity contribution is -0.116. The van der Waals surface area contributed by atoms with E-state index >= 15 is 0 Å². The van der Waals surface area contributed by atoms with Crippen molar-refractivity contribution in [1.29, 1.82) is 0 Å². The number of nitrogens with zero attached hydrogens (tertiary/aromatic N) is 3. The van der Waals surface area contributed by atoms with Crippen LogP contribution in [0.15, 0.2) is 47.4 Å². The zero-order valence-electron chi connectivity index (χ0n) is 17.4. The summed E-state index contributed by atoms with van der Waals surface area (Å²) >= 11 is 5.96. The van der Waals surface area contributed by atoms with E-state index in [1.54, 1.807) is 27.4 Å². The number of fused-ring (bicyclic) bond motifs is 1. The molecule has 6 nitrogen and oxygen atoms in total. The maximum absolute atomic E-state index is 13.3. The third-order valence-corrected chi connectivity index (χ3v) is 8.14. The van der Waals surface area contributed by atoms with Gasteiger partial charge in [-0.3, -0.25) is 4.79 Å². The minimum atomic E-state index is -3.60. The predicted molar refractivity (Wildman–Crippen MR) is 120 cm³/mol. The fourth-order valence-corrected chi connectivity index (χ4v) is 5.86. The lowest BCUT2D eigenvalue weighted by atomic mass is 9.87. The Kier molecular flexibility index (Phi) is 5.33. The van der Waals surface area contributed by atoms with Gasteiger partial charge in [-0.25, -0.2) is 8.42 Å². The predicted octanol–water partition coefficient (Wildman–Crippen LogP) is 3.50. The number of benzene rings is 2. The molecule has 0 N–H and O–H groups in total. The highest BCUT2D eigenvalue weighted by atomic mass is 35.5. The van der Waals surface area contributed by atoms with Crippen molar-refractivity contribution in [3.05, 3.63) is 53.1 Å². The van der Waals surface area contributed by atoms with Crippen molar-refractivity contribution in [2.75, 3.05) is 42.5 Å². The number of piperazine rings is 1. The molecule has 30 heavy (non-hydrogen) atoms. The van der Waals surface area contributed by atoms with E-state index in [1.165, 1.54) is 6.92 Å². The normalized spacial score (nSPS) is 19.1. The van der Waals surface area contributed by atoms with Gasteiger partial charge in [-0.05, 0) is 48.0 Å². The van der Waals surface area contributed by atoms with E-state index < -0.39 is 10.0 Å². The fourth-order valence-electron chi connectivity index (χ4n) is 4.29. The number of sulfonamides is 1. The molecule has 8 heteroatoms. The Labute approximate surface area is 183 Å². The van der Waals surface area contributed by atoms with Crippen LogP contribution in [0.2, 0.25) is 5.02 Å². The molecule has 2 aromatic rings. The largest absolute Gasteiger partial charge is 0.369 e. The number of amides is 1. The van der Waals surface area contributed by atoms with Crippen LogP contribution in [-0.2, 0) is 20.2 Å². The molecular formula is C22H26ClN3O3S. The van der Waals surface area contributed by atoms with Gasteiger partial charge in [0.15, 0.2) is 0 Å². The Morgan fingerprint density at radius 3 is 2.23 bits per heavy atom. The van der Waals surface area contributed by atoms with Crippen LogP contribution in [0.25, 0.3) is 0 Å². The molecule has 0 radical (unpaired) electrons. The van der Waals surface area contributed by atoms with Crippen LogP contribution < -0.4 is 9.80 Å². The number of hydrogen-bond acceptors (Lipinski definition) is 4. The minimum absolute atomic E-state index is 0.0317. The summed E-state index contributed by atoms with van der Waals surface area (Å²) in [6.07, 6.45) is 0. The first-order valence-corrected chi connectivity index (χ1v) is 11.8. The van der Waals surface area contributed by atoms with Crippen LogP contribution in [0.4, 0.5) is 11.4 Å². The summed E-state index contributed by atoms with van der Waals surface area (Å²) in [5.74, 6) is -0.0317. The lowest BCUT2D eigenvalue weighted by Gasteiger charge is -2.35. The van der Waals surface area contributed by atoms with E-state index in [-0.39, 0.29) is 11.3 Å². The van der Waals surface area contributed by atoms with Crippen molar-refractivity contribution in [2.45, 2.75) is 31.1 Å². The van der Waals surface area contributed by atoms with E-state index in [1.807, 2.05) is 38.1 Å². The standard InChI is InChI=1S/C22H26ClN3O3S/c1-16(27)26-15-22(2,3)20-14-19(8-9-21(20)26)30(28,29)25-12-10-24(11-13-25)18-6-4-17(23)5-7-18/h4-9,14H,10-13,15H2,1-3H3. The smallest absolute Gasteiger partial charge is 0.243 e. The van der Waals surface area contributed by atoms with E-state index in [2.05, 4.69) is 4.90 Å². The van der Waals surface area contributed by atoms with Crippen LogP contribution in [0.1, 0.15) is 26.3 Å². The van der Waals surface area contributed by atoms with Gasteiger partial charge in [0.05, 0.1) is 4.90 Å². The average Bonchev–Trinajstić information content (AvgIpc) is 2.99. The van der Waals surface area contributed by atoms with Crippen molar-refractivity contribution < 1.29 is 13.2 Å². The monoisotopic (exact) mass is 447 g/mol. The fraction of sp³-hybridized carbons (Fsp3) is 0.409. The van der Waals surface area contributed by atoms with Crippen molar-refractivity contribution in [2.24, 2.45) is 0 Å². The molecule has 0 aliphatic carbocycles. The molecular weight excluding hydrogens is 422 g/mol. The van der Waals surface area contributed by atoms with E-state index in [4.69, 9.17) is 11.6 Å². The molecule has 0 saturated carbocycles. The molecule has 160 valence electrons. The second-order valence-corrected chi connectivity index (χ2v) is 10.9. The molecule has 1 saturated heterocycles. The van der Waals surface area contributed by atoms with Crippen molar-refractivity contribution in [3.8, 4) is 0 Å². The van der Waals surface area contributed by atoms with Gasteiger partial charge in [-0.15, -0.1) is 0 Å². The van der Waals surface area contributed by atoms with Crippen LogP contribution in [0.5, 0.6) is 0 Å². The number of anilines is 2. The average molecular weight is 448 g/mol. The van der Waals surface area contributed by atoms with E-state index in [0.29, 0.717) is 42.6 Å². The Balaban J connectivity index is 1.55. The molecule has 4 rings (SSSR count). The first-order chi connectivity index (χ1) is 14.1. The van der Waals surface area contributed by atoms with E-state index in [9.17, 15) is 13.2 Å². The zero-order valence-corrected chi connectivity index (χ0v) is 19.0. The van der Waals surface area contributed by atoms with Gasteiger partial charge >= 0.3 is 0 Å². The summed E-state index contributed by atoms with van der Waals surface area (Å²) in [6.45, 7) is 8.25. The third kappa shape index (κ3) is 3.70. The number of halogens is 1. The van der Waals surface area contributed by atoms with Gasteiger partial charge in [0.1, 0.15) is 0 Å². The second kappa shape index (κ2) is 7.55. The molecule has 1 fully saturated rings. The molecule has 0 spiro atoms. The Morgan fingerprint density at radius 2 is 1.63 bits per heavy atom. The number of carbonyl (C=O) groups excluding carboxylic acids is 1. The Bertz CT molecular complexity index is 1080. The Morgan fingerprint density at radius 1 is 1.00 bits per heavy atom. The van der Waals surface area contributed by atoms with Crippen LogP contribution in [0.3, 0.4) is 0 Å². The van der Waals surface area contributed by atoms with Gasteiger partial charge in [0, 0.05) is 61.5 Å². The molecule has 0 aromatic heterocycles. The first-order valence-electron chi connectivity index (χ1n) is 10.0. The Hall–Kier alpha value is -2.09. The summed E-state index contributed by atoms with van der Waals surface area (Å²) in [5, 5.41) is 0.683. The highest BCUT2D eigenvalue weighted by Gasteiger charge is 2.38. The van der Waals surface area contributed by atoms with Gasteiger partial charge in [-0.1, -0.05) is 25.4 Å². The van der Waals surface area contributed by atoms with E-state index in [0.717, 1.165) is 16.9 Å². The minimum Gasteiger partial charge on any atom is -0.369 e. The van der Waals surface area contributed by atoms with Gasteiger partial charge in [0.2, 0.25) is 15.9 Å². The highest BCUT2D eigenvalue weighted by molar-refractivity contribution is 7.89. The quantitative estimate of drug-likeness (QED) is 0.722. The van der Waals surface area contributed by atoms with Crippen molar-refractivity contribution >= 4 is 38.9 Å². The SMILES string of the molecule is CC(=O)N1CC(C)(C)c2cc(S(=O)(=O)N3CCN(c4ccc(Cl)cc4)CC3)ccc21. The van der Waals surface area contributed by atoms with Crippen molar-refractivity contribution in [1.82, 2.24) is 4.31 Å². The second-order valence-electron chi connectivity index (χ2n) is 8.54. The summed E-state index contributed by atoms with van der Waals surface area (Å²) in [4.78, 5) is 16.2. The highest BCUT2D eigenvalue weighted by Crippen LogP contribution is 2.42. The molecule has 2 heterocycles. The molecule has 2 aliphatic heterocycles. The maximum atomic E-state index is 13.3. The van der Waals surface area contributed by atoms with Gasteiger partial charge < -0.3 is 9.80 Å². The summed E-state index contributed by atoms with van der Waals surface area (Å²) < 4.78 is 28.2. The molecule has 2 aliphatic rings. The molecule has 0 bridgehead atoms. The lowest BCUT2D eigenvalue weighted by Crippen LogP contribution is -2.48. The van der Waals surface area contributed by atoms with Crippen molar-refractivity contribution in [3.63, 3.8) is 0 Å². The summed E-state index contributed by atoms with van der Waals surface area (Å²) in [5.41, 5.74) is 2.46. The first kappa shape index (κ1) is 21.2. The van der Waals surface area contributed by atoms with Crippen LogP contribution in [-0.4, -0.2) is 51.4 Å². The number of hydrogen-bond donors (Lipinski definition) is 0. The third-order valence-electron chi connectivity index (χ3n) is 5.99. The maximum Gasteiger partial charge on any atom is 0.243 e. The summed E-state index contributed by atoms with van der Waals surface area (Å²) in [6, 6.07) is 12.7. The molecule has 0 unspecified atom stereocenters. The number of rotatable bonds is 3. The molecule has 1 amide bonds. The van der Waals surface area contributed by atoms with Gasteiger partial charge in [-0.2, -0.15) is 4.31 Å². The van der Waals surface area contributed by atoms with Gasteiger partial charge in [0.25, 0.3) is 0 Å². The summed E-state index contributed by atoms with van der Waals surface area (Å²) in [7, 11) is -3.60. The number of carbonyl (C=O) groups is 1. The van der Waals surface area contributed by atoms with Crippen LogP contribution >= 0.6 is 11.6 Å². The molecule has 2 aromatic carbocycles. The zero-order chi connectivity index (χ0) is 21.7. The van der Waals surface area contributed by atoms with Crippen LogP contribution in [0, 0.1) is 0 Å². The molecule has 0 atom stereocenters.